The molecule has 12 heteroatoms. The molecule has 0 fully saturated rings. The SMILES string of the molecule is COc1cc(/C=N/NC(=O)/C(=C/c2ccc(N(C)C)cc2)NC(=O)c2ccccc2)ccc1OC(=O)c1ccc([N+](=O)[O-])cc1. The van der Waals surface area contributed by atoms with Crippen molar-refractivity contribution in [2.24, 2.45) is 5.10 Å². The van der Waals surface area contributed by atoms with Crippen molar-refractivity contribution in [3.05, 3.63) is 135 Å². The molecular weight excluding hydrogens is 578 g/mol. The molecule has 0 unspecified atom stereocenters. The van der Waals surface area contributed by atoms with Crippen LogP contribution in [0.1, 0.15) is 31.8 Å². The summed E-state index contributed by atoms with van der Waals surface area (Å²) in [5, 5.41) is 17.5. The fraction of sp³-hybridized carbons (Fsp3) is 0.0909. The van der Waals surface area contributed by atoms with E-state index in [0.29, 0.717) is 16.7 Å². The van der Waals surface area contributed by atoms with Crippen molar-refractivity contribution in [3.8, 4) is 11.5 Å². The summed E-state index contributed by atoms with van der Waals surface area (Å²) >= 11 is 0. The van der Waals surface area contributed by atoms with Crippen LogP contribution >= 0.6 is 0 Å². The van der Waals surface area contributed by atoms with Gasteiger partial charge >= 0.3 is 5.97 Å². The van der Waals surface area contributed by atoms with E-state index in [9.17, 15) is 24.5 Å². The first-order valence-corrected chi connectivity index (χ1v) is 13.5. The maximum atomic E-state index is 13.1. The summed E-state index contributed by atoms with van der Waals surface area (Å²) in [6.45, 7) is 0. The quantitative estimate of drug-likeness (QED) is 0.0615. The van der Waals surface area contributed by atoms with E-state index in [1.165, 1.54) is 49.7 Å². The minimum atomic E-state index is -0.731. The normalized spacial score (nSPS) is 11.0. The molecular formula is C33H29N5O7. The fourth-order valence-electron chi connectivity index (χ4n) is 3.93. The van der Waals surface area contributed by atoms with Crippen LogP contribution in [-0.2, 0) is 4.79 Å². The van der Waals surface area contributed by atoms with Crippen molar-refractivity contribution in [3.63, 3.8) is 0 Å². The number of anilines is 1. The average molecular weight is 608 g/mol. The van der Waals surface area contributed by atoms with Crippen LogP contribution in [0.2, 0.25) is 0 Å². The van der Waals surface area contributed by atoms with E-state index in [2.05, 4.69) is 15.8 Å². The molecule has 0 aliphatic rings. The van der Waals surface area contributed by atoms with Gasteiger partial charge in [0.25, 0.3) is 17.5 Å². The fourth-order valence-corrected chi connectivity index (χ4v) is 3.93. The van der Waals surface area contributed by atoms with E-state index in [4.69, 9.17) is 9.47 Å². The lowest BCUT2D eigenvalue weighted by molar-refractivity contribution is -0.384. The minimum absolute atomic E-state index is 0.0234. The lowest BCUT2D eigenvalue weighted by Gasteiger charge is -2.13. The van der Waals surface area contributed by atoms with Gasteiger partial charge in [-0.15, -0.1) is 0 Å². The summed E-state index contributed by atoms with van der Waals surface area (Å²) in [5.41, 5.74) is 4.90. The van der Waals surface area contributed by atoms with Gasteiger partial charge in [0.15, 0.2) is 11.5 Å². The van der Waals surface area contributed by atoms with Gasteiger partial charge in [0.2, 0.25) is 0 Å². The molecule has 4 aromatic rings. The van der Waals surface area contributed by atoms with E-state index >= 15 is 0 Å². The number of non-ortho nitro benzene ring substituents is 1. The van der Waals surface area contributed by atoms with E-state index < -0.39 is 22.7 Å². The maximum absolute atomic E-state index is 13.1. The second-order valence-electron chi connectivity index (χ2n) is 9.67. The number of nitrogens with one attached hydrogen (secondary N) is 2. The van der Waals surface area contributed by atoms with Gasteiger partial charge in [-0.25, -0.2) is 10.2 Å². The van der Waals surface area contributed by atoms with Crippen LogP contribution in [0.3, 0.4) is 0 Å². The molecule has 0 heterocycles. The number of hydrazone groups is 1. The molecule has 0 saturated carbocycles. The third kappa shape index (κ3) is 8.61. The Hall–Kier alpha value is -6.30. The molecule has 0 radical (unpaired) electrons. The molecule has 2 N–H and O–H groups in total. The van der Waals surface area contributed by atoms with Gasteiger partial charge in [0.05, 0.1) is 23.8 Å². The largest absolute Gasteiger partial charge is 0.493 e. The monoisotopic (exact) mass is 607 g/mol. The van der Waals surface area contributed by atoms with E-state index in [-0.39, 0.29) is 28.4 Å². The van der Waals surface area contributed by atoms with Crippen molar-refractivity contribution in [2.45, 2.75) is 0 Å². The Bertz CT molecular complexity index is 1750. The van der Waals surface area contributed by atoms with Crippen molar-refractivity contribution < 1.29 is 28.8 Å². The first kappa shape index (κ1) is 31.6. The molecule has 0 aliphatic carbocycles. The van der Waals surface area contributed by atoms with Crippen LogP contribution in [0.5, 0.6) is 11.5 Å². The molecule has 0 saturated heterocycles. The van der Waals surface area contributed by atoms with Crippen molar-refractivity contribution in [1.82, 2.24) is 10.7 Å². The highest BCUT2D eigenvalue weighted by Gasteiger charge is 2.16. The number of ether oxygens (including phenoxy) is 2. The Morgan fingerprint density at radius 3 is 2.13 bits per heavy atom. The standard InChI is InChI=1S/C33H29N5O7/c1-37(2)26-14-9-22(10-15-26)19-28(35-31(39)24-7-5-4-6-8-24)32(40)36-34-21-23-11-18-29(30(20-23)44-3)45-33(41)25-12-16-27(17-13-25)38(42)43/h4-21H,1-3H3,(H,35,39)(H,36,40)/b28-19-,34-21+. The van der Waals surface area contributed by atoms with E-state index in [1.807, 2.05) is 43.3 Å². The zero-order chi connectivity index (χ0) is 32.3. The number of benzene rings is 4. The topological polar surface area (TPSA) is 152 Å². The third-order valence-corrected chi connectivity index (χ3v) is 6.33. The number of hydrogen-bond acceptors (Lipinski definition) is 9. The van der Waals surface area contributed by atoms with Gasteiger partial charge in [0.1, 0.15) is 5.70 Å². The van der Waals surface area contributed by atoms with Crippen LogP contribution in [-0.4, -0.2) is 50.1 Å². The number of rotatable bonds is 11. The van der Waals surface area contributed by atoms with E-state index in [1.54, 1.807) is 42.5 Å². The Labute approximate surface area is 258 Å². The number of nitro benzene ring substituents is 1. The average Bonchev–Trinajstić information content (AvgIpc) is 3.05. The van der Waals surface area contributed by atoms with Gasteiger partial charge < -0.3 is 19.7 Å². The molecule has 0 aromatic heterocycles. The van der Waals surface area contributed by atoms with Crippen LogP contribution in [0.25, 0.3) is 6.08 Å². The Morgan fingerprint density at radius 2 is 1.51 bits per heavy atom. The van der Waals surface area contributed by atoms with Crippen molar-refractivity contribution >= 4 is 41.4 Å². The highest BCUT2D eigenvalue weighted by atomic mass is 16.6. The molecule has 0 spiro atoms. The Balaban J connectivity index is 1.48. The number of amides is 2. The molecule has 2 amide bonds. The van der Waals surface area contributed by atoms with Crippen molar-refractivity contribution in [2.75, 3.05) is 26.1 Å². The second kappa shape index (κ2) is 14.7. The highest BCUT2D eigenvalue weighted by molar-refractivity contribution is 6.05. The molecule has 4 rings (SSSR count). The Kier molecular flexibility index (Phi) is 10.4. The lowest BCUT2D eigenvalue weighted by Crippen LogP contribution is -2.32. The van der Waals surface area contributed by atoms with Gasteiger partial charge in [-0.2, -0.15) is 5.10 Å². The van der Waals surface area contributed by atoms with E-state index in [0.717, 1.165) is 5.69 Å². The smallest absolute Gasteiger partial charge is 0.343 e. The second-order valence-corrected chi connectivity index (χ2v) is 9.67. The highest BCUT2D eigenvalue weighted by Crippen LogP contribution is 2.28. The van der Waals surface area contributed by atoms with Crippen LogP contribution in [0.4, 0.5) is 11.4 Å². The van der Waals surface area contributed by atoms with Crippen molar-refractivity contribution in [1.29, 1.82) is 0 Å². The number of nitro groups is 1. The number of hydrogen-bond donors (Lipinski definition) is 2. The lowest BCUT2D eigenvalue weighted by atomic mass is 10.1. The number of esters is 1. The first-order chi connectivity index (χ1) is 21.6. The summed E-state index contributed by atoms with van der Waals surface area (Å²) in [5.74, 6) is -1.54. The summed E-state index contributed by atoms with van der Waals surface area (Å²) < 4.78 is 10.7. The Morgan fingerprint density at radius 1 is 0.844 bits per heavy atom. The van der Waals surface area contributed by atoms with Gasteiger partial charge in [-0.05, 0) is 71.8 Å². The first-order valence-electron chi connectivity index (χ1n) is 13.5. The molecule has 4 aromatic carbocycles. The summed E-state index contributed by atoms with van der Waals surface area (Å²) in [7, 11) is 5.22. The summed E-state index contributed by atoms with van der Waals surface area (Å²) in [4.78, 5) is 50.8. The van der Waals surface area contributed by atoms with Gasteiger partial charge in [-0.1, -0.05) is 30.3 Å². The summed E-state index contributed by atoms with van der Waals surface area (Å²) in [6, 6.07) is 25.5. The maximum Gasteiger partial charge on any atom is 0.343 e. The zero-order valence-corrected chi connectivity index (χ0v) is 24.6. The zero-order valence-electron chi connectivity index (χ0n) is 24.6. The van der Waals surface area contributed by atoms with Crippen LogP contribution < -0.4 is 25.1 Å². The predicted octanol–water partition coefficient (Wildman–Crippen LogP) is 4.81. The molecule has 0 aliphatic heterocycles. The third-order valence-electron chi connectivity index (χ3n) is 6.33. The minimum Gasteiger partial charge on any atom is -0.493 e. The molecule has 0 atom stereocenters. The van der Waals surface area contributed by atoms with Gasteiger partial charge in [0, 0.05) is 37.5 Å². The number of carbonyl (C=O) groups excluding carboxylic acids is 3. The number of nitrogens with zero attached hydrogens (tertiary/aromatic N) is 3. The predicted molar refractivity (Wildman–Crippen MR) is 169 cm³/mol. The number of carbonyl (C=O) groups is 3. The summed E-state index contributed by atoms with van der Waals surface area (Å²) in [6.07, 6.45) is 2.90. The molecule has 228 valence electrons. The van der Waals surface area contributed by atoms with Crippen LogP contribution in [0.15, 0.2) is 108 Å². The van der Waals surface area contributed by atoms with Gasteiger partial charge in [-0.3, -0.25) is 19.7 Å². The molecule has 12 nitrogen and oxygen atoms in total. The van der Waals surface area contributed by atoms with Crippen LogP contribution in [0, 0.1) is 10.1 Å². The number of methoxy groups -OCH3 is 1. The molecule has 0 bridgehead atoms. The molecule has 45 heavy (non-hydrogen) atoms.